The molecule has 11 nitrogen and oxygen atoms in total. The number of pyridine rings is 1. The fourth-order valence-electron chi connectivity index (χ4n) is 7.82. The second kappa shape index (κ2) is 17.7. The zero-order valence-corrected chi connectivity index (χ0v) is 31.7. The highest BCUT2D eigenvalue weighted by Crippen LogP contribution is 2.39. The summed E-state index contributed by atoms with van der Waals surface area (Å²) in [6.45, 7) is 4.43. The number of likely N-dealkylation sites (tertiary alicyclic amines) is 1. The third kappa shape index (κ3) is 9.17. The molecule has 3 atom stereocenters. The Morgan fingerprint density at radius 1 is 0.982 bits per heavy atom. The zero-order valence-electron chi connectivity index (χ0n) is 30.9. The van der Waals surface area contributed by atoms with Crippen LogP contribution in [-0.4, -0.2) is 70.8 Å². The number of aryl methyl sites for hydroxylation is 1. The quantitative estimate of drug-likeness (QED) is 0.0583. The fourth-order valence-corrected chi connectivity index (χ4v) is 8.68. The van der Waals surface area contributed by atoms with Crippen molar-refractivity contribution in [1.82, 2.24) is 25.8 Å². The van der Waals surface area contributed by atoms with Crippen LogP contribution in [0, 0.1) is 0 Å². The summed E-state index contributed by atoms with van der Waals surface area (Å²) in [5.41, 5.74) is 3.03. The number of aromatic amines is 1. The highest BCUT2D eigenvalue weighted by molar-refractivity contribution is 7.14. The van der Waals surface area contributed by atoms with Gasteiger partial charge in [-0.2, -0.15) is 0 Å². The molecule has 1 aliphatic heterocycles. The second-order valence-corrected chi connectivity index (χ2v) is 15.7. The summed E-state index contributed by atoms with van der Waals surface area (Å²) in [5, 5.41) is 31.3. The third-order valence-corrected chi connectivity index (χ3v) is 11.8. The molecule has 1 aliphatic carbocycles. The lowest BCUT2D eigenvalue weighted by Crippen LogP contribution is -2.51. The molecule has 1 saturated heterocycles. The maximum Gasteiger partial charge on any atom is 0.331 e. The van der Waals surface area contributed by atoms with Gasteiger partial charge in [-0.25, -0.2) is 4.79 Å². The molecule has 1 fully saturated rings. The predicted octanol–water partition coefficient (Wildman–Crippen LogP) is 5.27. The molecule has 12 heteroatoms. The van der Waals surface area contributed by atoms with Crippen LogP contribution in [0.5, 0.6) is 5.75 Å². The Bertz CT molecular complexity index is 2150. The Hall–Kier alpha value is -4.85. The predicted molar refractivity (Wildman–Crippen MR) is 214 cm³/mol. The highest BCUT2D eigenvalue weighted by atomic mass is 32.1. The van der Waals surface area contributed by atoms with Crippen molar-refractivity contribution in [2.45, 2.75) is 69.4 Å². The van der Waals surface area contributed by atoms with Gasteiger partial charge in [-0.15, -0.1) is 11.3 Å². The van der Waals surface area contributed by atoms with Crippen molar-refractivity contribution in [3.05, 3.63) is 133 Å². The van der Waals surface area contributed by atoms with Crippen LogP contribution in [0.25, 0.3) is 10.9 Å². The summed E-state index contributed by atoms with van der Waals surface area (Å²) < 4.78 is 6.33. The number of piperidine rings is 1. The first kappa shape index (κ1) is 38.4. The fraction of sp³-hybridized carbons (Fsp3) is 0.372. The topological polar surface area (TPSA) is 156 Å². The van der Waals surface area contributed by atoms with Gasteiger partial charge in [0.05, 0.1) is 16.5 Å². The average molecular weight is 764 g/mol. The molecule has 288 valence electrons. The van der Waals surface area contributed by atoms with Crippen molar-refractivity contribution in [1.29, 1.82) is 0 Å². The molecule has 0 radical (unpaired) electrons. The van der Waals surface area contributed by atoms with Crippen LogP contribution in [0.15, 0.2) is 95.8 Å². The van der Waals surface area contributed by atoms with Crippen LogP contribution in [0.3, 0.4) is 0 Å². The number of phenolic OH excluding ortho intramolecular Hbond substituents is 1. The first-order valence-electron chi connectivity index (χ1n) is 19.2. The number of benzene rings is 3. The Kier molecular flexibility index (Phi) is 12.4. The van der Waals surface area contributed by atoms with E-state index in [1.165, 1.54) is 29.0 Å². The number of aromatic hydroxyl groups is 1. The number of ether oxygens (including phenoxy) is 1. The van der Waals surface area contributed by atoms with Crippen molar-refractivity contribution in [2.24, 2.45) is 0 Å². The van der Waals surface area contributed by atoms with E-state index in [1.54, 1.807) is 12.1 Å². The molecule has 2 aromatic heterocycles. The van der Waals surface area contributed by atoms with Crippen molar-refractivity contribution in [3.8, 4) is 5.75 Å². The summed E-state index contributed by atoms with van der Waals surface area (Å²) in [4.78, 5) is 45.4. The summed E-state index contributed by atoms with van der Waals surface area (Å²) in [6, 6.07) is 28.4. The van der Waals surface area contributed by atoms with E-state index < -0.39 is 11.6 Å². The number of hydrogen-bond acceptors (Lipinski definition) is 10. The van der Waals surface area contributed by atoms with Gasteiger partial charge in [-0.1, -0.05) is 60.7 Å². The van der Waals surface area contributed by atoms with Crippen LogP contribution in [0.1, 0.15) is 75.0 Å². The van der Waals surface area contributed by atoms with Gasteiger partial charge in [0.2, 0.25) is 5.56 Å². The van der Waals surface area contributed by atoms with E-state index in [2.05, 4.69) is 56.2 Å². The number of nitrogens with zero attached hydrogens (tertiary/aromatic N) is 1. The molecule has 7 rings (SSSR count). The van der Waals surface area contributed by atoms with Crippen LogP contribution < -0.4 is 21.5 Å². The van der Waals surface area contributed by atoms with Gasteiger partial charge in [0, 0.05) is 49.1 Å². The summed E-state index contributed by atoms with van der Waals surface area (Å²) in [6.07, 6.45) is 3.79. The lowest BCUT2D eigenvalue weighted by Gasteiger charge is -2.36. The number of carbonyl (C=O) groups excluding carboxylic acids is 2. The van der Waals surface area contributed by atoms with Crippen molar-refractivity contribution >= 4 is 34.1 Å². The average Bonchev–Trinajstić information content (AvgIpc) is 3.83. The molecule has 0 bridgehead atoms. The number of carbonyl (C=O) groups is 2. The van der Waals surface area contributed by atoms with Gasteiger partial charge in [0.1, 0.15) is 17.4 Å². The minimum Gasteiger partial charge on any atom is -0.506 e. The highest BCUT2D eigenvalue weighted by Gasteiger charge is 2.47. The Labute approximate surface area is 324 Å². The molecule has 3 aromatic carbocycles. The molecule has 1 amide bonds. The number of aromatic nitrogens is 1. The number of phenols is 1. The summed E-state index contributed by atoms with van der Waals surface area (Å²) in [7, 11) is 0. The third-order valence-electron chi connectivity index (χ3n) is 10.7. The minimum atomic E-state index is -0.951. The van der Waals surface area contributed by atoms with Gasteiger partial charge < -0.3 is 30.6 Å². The van der Waals surface area contributed by atoms with Gasteiger partial charge >= 0.3 is 5.97 Å². The molecule has 0 saturated carbocycles. The van der Waals surface area contributed by atoms with E-state index in [4.69, 9.17) is 4.74 Å². The standard InChI is InChI=1S/C43H49N5O6S/c49-36-17-15-33(34-16-19-39(51)47-40(34)36)37(50)26-44-22-6-7-23-45-41(52)38-18-14-32(55-38)25-46-43(21-20-30-11-4-5-13-35(30)43)42(53)54-31-12-8-24-48(28-31)27-29-9-2-1-3-10-29/h1-5,9-11,13-19,31,37,44,46,49-50H,6-8,12,20-28H2,(H,45,52)(H,47,51)/t31?,37?,43-/m1/s1. The Morgan fingerprint density at radius 3 is 2.67 bits per heavy atom. The minimum absolute atomic E-state index is 0.0450. The van der Waals surface area contributed by atoms with Crippen LogP contribution >= 0.6 is 11.3 Å². The largest absolute Gasteiger partial charge is 0.506 e. The van der Waals surface area contributed by atoms with E-state index in [-0.39, 0.29) is 29.3 Å². The molecule has 6 N–H and O–H groups in total. The number of H-pyrrole nitrogens is 1. The van der Waals surface area contributed by atoms with E-state index in [1.807, 2.05) is 36.4 Å². The van der Waals surface area contributed by atoms with Crippen molar-refractivity contribution in [3.63, 3.8) is 0 Å². The lowest BCUT2D eigenvalue weighted by molar-refractivity contribution is -0.160. The first-order valence-corrected chi connectivity index (χ1v) is 20.0. The Balaban J connectivity index is 0.873. The number of hydrogen-bond donors (Lipinski definition) is 6. The molecule has 5 aromatic rings. The van der Waals surface area contributed by atoms with E-state index >= 15 is 0 Å². The van der Waals surface area contributed by atoms with Gasteiger partial charge in [0.25, 0.3) is 5.91 Å². The number of unbranched alkanes of at least 4 members (excludes halogenated alkanes) is 1. The number of nitrogens with one attached hydrogen (secondary N) is 4. The molecule has 0 spiro atoms. The molecule has 55 heavy (non-hydrogen) atoms. The summed E-state index contributed by atoms with van der Waals surface area (Å²) in [5.74, 6) is -0.403. The summed E-state index contributed by atoms with van der Waals surface area (Å²) >= 11 is 1.42. The van der Waals surface area contributed by atoms with Gasteiger partial charge in [-0.05, 0) is 98.1 Å². The maximum atomic E-state index is 14.2. The number of fused-ring (bicyclic) bond motifs is 2. The molecule has 3 heterocycles. The normalized spacial score (nSPS) is 18.9. The second-order valence-electron chi connectivity index (χ2n) is 14.5. The smallest absolute Gasteiger partial charge is 0.331 e. The van der Waals surface area contributed by atoms with E-state index in [0.29, 0.717) is 60.5 Å². The number of esters is 1. The van der Waals surface area contributed by atoms with Crippen LogP contribution in [0.2, 0.25) is 0 Å². The van der Waals surface area contributed by atoms with Gasteiger partial charge in [0.15, 0.2) is 0 Å². The monoisotopic (exact) mass is 763 g/mol. The van der Waals surface area contributed by atoms with E-state index in [0.717, 1.165) is 61.2 Å². The zero-order chi connectivity index (χ0) is 38.2. The van der Waals surface area contributed by atoms with E-state index in [9.17, 15) is 24.6 Å². The molecular weight excluding hydrogens is 715 g/mol. The van der Waals surface area contributed by atoms with Crippen LogP contribution in [0.4, 0.5) is 0 Å². The molecular formula is C43H49N5O6S. The van der Waals surface area contributed by atoms with Crippen molar-refractivity contribution < 1.29 is 24.5 Å². The molecule has 2 aliphatic rings. The first-order chi connectivity index (χ1) is 26.8. The number of thiophene rings is 1. The maximum absolute atomic E-state index is 14.2. The van der Waals surface area contributed by atoms with Crippen molar-refractivity contribution in [2.75, 3.05) is 32.7 Å². The number of aliphatic hydroxyl groups is 1. The van der Waals surface area contributed by atoms with Gasteiger partial charge in [-0.3, -0.25) is 19.8 Å². The number of rotatable bonds is 16. The SMILES string of the molecule is O=C(NCCCCNCC(O)c1ccc(O)c2[nH]c(=O)ccc12)c1ccc(CN[C@]2(C(=O)OC3CCCN(Cc4ccccc4)C3)CCc3ccccc32)s1. The molecule has 2 unspecified atom stereocenters. The van der Waals surface area contributed by atoms with Crippen LogP contribution in [-0.2, 0) is 34.6 Å². The Morgan fingerprint density at radius 2 is 1.80 bits per heavy atom. The number of aliphatic hydroxyl groups excluding tert-OH is 1. The number of amides is 1. The lowest BCUT2D eigenvalue weighted by atomic mass is 9.91.